The number of hydrogen-bond donors (Lipinski definition) is 1. The minimum atomic E-state index is 0. The summed E-state index contributed by atoms with van der Waals surface area (Å²) in [5.41, 5.74) is 5.89. The Bertz CT molecular complexity index is 226. The monoisotopic (exact) mass is 224 g/mol. The number of halogens is 2. The van der Waals surface area contributed by atoms with Crippen LogP contribution in [0, 0.1) is 0 Å². The van der Waals surface area contributed by atoms with Crippen molar-refractivity contribution in [1.29, 1.82) is 0 Å². The van der Waals surface area contributed by atoms with E-state index in [4.69, 9.17) is 5.73 Å². The first-order valence-corrected chi connectivity index (χ1v) is 3.97. The zero-order chi connectivity index (χ0) is 7.68. The summed E-state index contributed by atoms with van der Waals surface area (Å²) in [5, 5.41) is 7.52. The minimum Gasteiger partial charge on any atom is -0.326 e. The lowest BCUT2D eigenvalue weighted by atomic mass is 10.2. The highest BCUT2D eigenvalue weighted by Crippen LogP contribution is 2.27. The predicted molar refractivity (Wildman–Crippen MR) is 55.4 cm³/mol. The van der Waals surface area contributed by atoms with E-state index >= 15 is 0 Å². The zero-order valence-electron chi connectivity index (χ0n) is 7.17. The molecule has 0 radical (unpaired) electrons. The first-order valence-electron chi connectivity index (χ1n) is 3.97. The second-order valence-electron chi connectivity index (χ2n) is 3.07. The first-order chi connectivity index (χ1) is 5.38. The highest BCUT2D eigenvalue weighted by Gasteiger charge is 2.24. The second-order valence-corrected chi connectivity index (χ2v) is 3.07. The van der Waals surface area contributed by atoms with Gasteiger partial charge in [0, 0.05) is 6.04 Å². The number of nitrogens with zero attached hydrogens (tertiary/aromatic N) is 3. The molecule has 2 unspecified atom stereocenters. The summed E-state index contributed by atoms with van der Waals surface area (Å²) < 4.78 is 2.01. The molecule has 6 heteroatoms. The quantitative estimate of drug-likeness (QED) is 0.780. The molecule has 76 valence electrons. The average Bonchev–Trinajstić information content (AvgIpc) is 2.55. The summed E-state index contributed by atoms with van der Waals surface area (Å²) in [4.78, 5) is 0. The van der Waals surface area contributed by atoms with Crippen molar-refractivity contribution >= 4 is 24.8 Å². The molecule has 1 aliphatic rings. The van der Waals surface area contributed by atoms with Crippen LogP contribution in [0.3, 0.4) is 0 Å². The van der Waals surface area contributed by atoms with Crippen LogP contribution in [0.4, 0.5) is 0 Å². The normalized spacial score (nSPS) is 26.2. The molecule has 2 N–H and O–H groups in total. The molecule has 0 saturated heterocycles. The molecular weight excluding hydrogens is 211 g/mol. The lowest BCUT2D eigenvalue weighted by Crippen LogP contribution is -2.26. The van der Waals surface area contributed by atoms with Gasteiger partial charge in [0.2, 0.25) is 0 Å². The van der Waals surface area contributed by atoms with Crippen LogP contribution in [0.25, 0.3) is 0 Å². The van der Waals surface area contributed by atoms with Crippen molar-refractivity contribution < 1.29 is 0 Å². The molecule has 0 bridgehead atoms. The Hall–Kier alpha value is -0.320. The van der Waals surface area contributed by atoms with Gasteiger partial charge in [-0.2, -0.15) is 0 Å². The van der Waals surface area contributed by atoms with E-state index in [9.17, 15) is 0 Å². The fourth-order valence-electron chi connectivity index (χ4n) is 1.72. The number of nitrogens with two attached hydrogens (primary N) is 1. The molecule has 0 aliphatic heterocycles. The summed E-state index contributed by atoms with van der Waals surface area (Å²) >= 11 is 0. The van der Waals surface area contributed by atoms with Crippen LogP contribution in [0.15, 0.2) is 12.7 Å². The van der Waals surface area contributed by atoms with Crippen molar-refractivity contribution in [3.05, 3.63) is 12.7 Å². The summed E-state index contributed by atoms with van der Waals surface area (Å²) in [6, 6.07) is 0.732. The van der Waals surface area contributed by atoms with Gasteiger partial charge >= 0.3 is 0 Å². The highest BCUT2D eigenvalue weighted by molar-refractivity contribution is 5.85. The van der Waals surface area contributed by atoms with E-state index in [1.54, 1.807) is 12.7 Å². The zero-order valence-corrected chi connectivity index (χ0v) is 8.80. The van der Waals surface area contributed by atoms with Crippen LogP contribution in [-0.4, -0.2) is 20.8 Å². The SMILES string of the molecule is Cl.Cl.NC1CCCC1n1cnnc1. The van der Waals surface area contributed by atoms with E-state index in [-0.39, 0.29) is 24.8 Å². The Morgan fingerprint density at radius 1 is 1.15 bits per heavy atom. The third-order valence-electron chi connectivity index (χ3n) is 2.35. The summed E-state index contributed by atoms with van der Waals surface area (Å²) in [7, 11) is 0. The molecule has 2 atom stereocenters. The van der Waals surface area contributed by atoms with Gasteiger partial charge in [-0.3, -0.25) is 0 Å². The summed E-state index contributed by atoms with van der Waals surface area (Å²) in [5.74, 6) is 0. The van der Waals surface area contributed by atoms with Gasteiger partial charge in [-0.1, -0.05) is 0 Å². The third kappa shape index (κ3) is 2.56. The van der Waals surface area contributed by atoms with Gasteiger partial charge in [0.05, 0.1) is 6.04 Å². The van der Waals surface area contributed by atoms with E-state index in [0.29, 0.717) is 12.1 Å². The molecule has 4 nitrogen and oxygen atoms in total. The molecule has 0 spiro atoms. The van der Waals surface area contributed by atoms with E-state index in [2.05, 4.69) is 10.2 Å². The van der Waals surface area contributed by atoms with Gasteiger partial charge in [0.1, 0.15) is 12.7 Å². The summed E-state index contributed by atoms with van der Waals surface area (Å²) in [6.07, 6.45) is 7.01. The van der Waals surface area contributed by atoms with Gasteiger partial charge in [-0.15, -0.1) is 35.0 Å². The Morgan fingerprint density at radius 3 is 2.23 bits per heavy atom. The van der Waals surface area contributed by atoms with Crippen molar-refractivity contribution in [3.63, 3.8) is 0 Å². The van der Waals surface area contributed by atoms with Crippen LogP contribution in [0.5, 0.6) is 0 Å². The lowest BCUT2D eigenvalue weighted by Gasteiger charge is -2.15. The maximum atomic E-state index is 5.89. The van der Waals surface area contributed by atoms with Gasteiger partial charge < -0.3 is 10.3 Å². The van der Waals surface area contributed by atoms with Gasteiger partial charge in [0.15, 0.2) is 0 Å². The molecule has 0 aromatic carbocycles. The van der Waals surface area contributed by atoms with Gasteiger partial charge in [0.25, 0.3) is 0 Å². The first kappa shape index (κ1) is 12.7. The van der Waals surface area contributed by atoms with Crippen molar-refractivity contribution in [2.45, 2.75) is 31.3 Å². The van der Waals surface area contributed by atoms with Crippen molar-refractivity contribution in [2.75, 3.05) is 0 Å². The number of rotatable bonds is 1. The van der Waals surface area contributed by atoms with E-state index in [1.807, 2.05) is 4.57 Å². The molecule has 1 aromatic rings. The second kappa shape index (κ2) is 5.42. The van der Waals surface area contributed by atoms with Crippen LogP contribution in [0.1, 0.15) is 25.3 Å². The maximum absolute atomic E-state index is 5.89. The molecule has 1 heterocycles. The van der Waals surface area contributed by atoms with Gasteiger partial charge in [-0.25, -0.2) is 0 Å². The van der Waals surface area contributed by atoms with Crippen LogP contribution < -0.4 is 5.73 Å². The molecular formula is C7H14Cl2N4. The van der Waals surface area contributed by atoms with Crippen LogP contribution in [-0.2, 0) is 0 Å². The smallest absolute Gasteiger partial charge is 0.119 e. The number of aromatic nitrogens is 3. The molecule has 1 aliphatic carbocycles. The molecule has 1 saturated carbocycles. The fraction of sp³-hybridized carbons (Fsp3) is 0.714. The van der Waals surface area contributed by atoms with E-state index in [1.165, 1.54) is 12.8 Å². The van der Waals surface area contributed by atoms with E-state index in [0.717, 1.165) is 6.42 Å². The fourth-order valence-corrected chi connectivity index (χ4v) is 1.72. The maximum Gasteiger partial charge on any atom is 0.119 e. The summed E-state index contributed by atoms with van der Waals surface area (Å²) in [6.45, 7) is 0. The topological polar surface area (TPSA) is 56.7 Å². The van der Waals surface area contributed by atoms with E-state index < -0.39 is 0 Å². The largest absolute Gasteiger partial charge is 0.326 e. The Labute approximate surface area is 89.7 Å². The third-order valence-corrected chi connectivity index (χ3v) is 2.35. The standard InChI is InChI=1S/C7H12N4.2ClH/c8-6-2-1-3-7(6)11-4-9-10-5-11;;/h4-7H,1-3,8H2;2*1H. The molecule has 13 heavy (non-hydrogen) atoms. The molecule has 2 rings (SSSR count). The van der Waals surface area contributed by atoms with Crippen LogP contribution in [0.2, 0.25) is 0 Å². The van der Waals surface area contributed by atoms with Crippen molar-refractivity contribution in [3.8, 4) is 0 Å². The van der Waals surface area contributed by atoms with Crippen molar-refractivity contribution in [1.82, 2.24) is 14.8 Å². The average molecular weight is 225 g/mol. The minimum absolute atomic E-state index is 0. The molecule has 0 amide bonds. The Balaban J connectivity index is 0.000000720. The predicted octanol–water partition coefficient (Wildman–Crippen LogP) is 1.17. The highest BCUT2D eigenvalue weighted by atomic mass is 35.5. The Kier molecular flexibility index (Phi) is 5.29. The van der Waals surface area contributed by atoms with Gasteiger partial charge in [-0.05, 0) is 19.3 Å². The number of hydrogen-bond acceptors (Lipinski definition) is 3. The molecule has 1 aromatic heterocycles. The van der Waals surface area contributed by atoms with Crippen molar-refractivity contribution in [2.24, 2.45) is 5.73 Å². The van der Waals surface area contributed by atoms with Crippen LogP contribution >= 0.6 is 24.8 Å². The Morgan fingerprint density at radius 2 is 1.77 bits per heavy atom. The lowest BCUT2D eigenvalue weighted by molar-refractivity contribution is 0.460. The molecule has 1 fully saturated rings.